The Morgan fingerprint density at radius 2 is 2.00 bits per heavy atom. The van der Waals surface area contributed by atoms with Gasteiger partial charge in [0, 0.05) is 12.1 Å². The Kier molecular flexibility index (Phi) is 2.28. The van der Waals surface area contributed by atoms with E-state index in [1.165, 1.54) is 32.1 Å². The fraction of sp³-hybridized carbons (Fsp3) is 0.900. The number of nitrogens with one attached hydrogen (secondary N) is 2. The first-order valence-electron chi connectivity index (χ1n) is 5.27. The van der Waals surface area contributed by atoms with Gasteiger partial charge in [0.2, 0.25) is 5.91 Å². The average Bonchev–Trinajstić information content (AvgIpc) is 2.14. The van der Waals surface area contributed by atoms with Crippen LogP contribution in [0.1, 0.15) is 39.0 Å². The number of hydrogen-bond donors (Lipinski definition) is 2. The number of rotatable bonds is 0. The van der Waals surface area contributed by atoms with Gasteiger partial charge in [-0.3, -0.25) is 10.1 Å². The van der Waals surface area contributed by atoms with E-state index in [-0.39, 0.29) is 17.5 Å². The molecule has 1 amide bonds. The Morgan fingerprint density at radius 1 is 1.31 bits per heavy atom. The molecule has 13 heavy (non-hydrogen) atoms. The number of amides is 1. The molecule has 74 valence electrons. The SMILES string of the molecule is CC1NC2(CCCCC2)CNC1=O. The van der Waals surface area contributed by atoms with Crippen molar-refractivity contribution >= 4 is 5.91 Å². The lowest BCUT2D eigenvalue weighted by Gasteiger charge is -2.43. The molecule has 2 fully saturated rings. The zero-order valence-electron chi connectivity index (χ0n) is 8.23. The van der Waals surface area contributed by atoms with Gasteiger partial charge in [-0.1, -0.05) is 19.3 Å². The molecule has 1 spiro atoms. The van der Waals surface area contributed by atoms with E-state index >= 15 is 0 Å². The molecule has 0 aromatic heterocycles. The fourth-order valence-corrected chi connectivity index (χ4v) is 2.53. The third-order valence-electron chi connectivity index (χ3n) is 3.33. The van der Waals surface area contributed by atoms with Crippen LogP contribution in [0.2, 0.25) is 0 Å². The summed E-state index contributed by atoms with van der Waals surface area (Å²) in [6, 6.07) is -0.00755. The summed E-state index contributed by atoms with van der Waals surface area (Å²) in [4.78, 5) is 11.2. The predicted molar refractivity (Wildman–Crippen MR) is 51.4 cm³/mol. The lowest BCUT2D eigenvalue weighted by Crippen LogP contribution is -2.65. The van der Waals surface area contributed by atoms with Gasteiger partial charge in [-0.05, 0) is 19.8 Å². The topological polar surface area (TPSA) is 41.1 Å². The van der Waals surface area contributed by atoms with E-state index in [9.17, 15) is 4.79 Å². The molecule has 1 atom stereocenters. The van der Waals surface area contributed by atoms with Crippen molar-refractivity contribution in [3.8, 4) is 0 Å². The van der Waals surface area contributed by atoms with Crippen molar-refractivity contribution in [2.45, 2.75) is 50.6 Å². The number of hydrogen-bond acceptors (Lipinski definition) is 2. The summed E-state index contributed by atoms with van der Waals surface area (Å²) >= 11 is 0. The summed E-state index contributed by atoms with van der Waals surface area (Å²) in [7, 11) is 0. The van der Waals surface area contributed by atoms with Crippen LogP contribution in [-0.4, -0.2) is 24.0 Å². The summed E-state index contributed by atoms with van der Waals surface area (Å²) in [6.45, 7) is 2.78. The smallest absolute Gasteiger partial charge is 0.236 e. The first-order valence-corrected chi connectivity index (χ1v) is 5.27. The molecule has 2 N–H and O–H groups in total. The second-order valence-electron chi connectivity index (χ2n) is 4.42. The van der Waals surface area contributed by atoms with E-state index in [2.05, 4.69) is 10.6 Å². The van der Waals surface area contributed by atoms with E-state index in [1.54, 1.807) is 0 Å². The molecule has 0 aromatic carbocycles. The quantitative estimate of drug-likeness (QED) is 0.581. The zero-order valence-corrected chi connectivity index (χ0v) is 8.23. The van der Waals surface area contributed by atoms with Gasteiger partial charge in [0.1, 0.15) is 0 Å². The fourth-order valence-electron chi connectivity index (χ4n) is 2.53. The molecule has 1 saturated carbocycles. The molecule has 1 unspecified atom stereocenters. The van der Waals surface area contributed by atoms with Crippen LogP contribution in [0.4, 0.5) is 0 Å². The molecule has 0 radical (unpaired) electrons. The van der Waals surface area contributed by atoms with Gasteiger partial charge in [-0.25, -0.2) is 0 Å². The van der Waals surface area contributed by atoms with Crippen molar-refractivity contribution in [3.05, 3.63) is 0 Å². The van der Waals surface area contributed by atoms with Crippen LogP contribution in [-0.2, 0) is 4.79 Å². The summed E-state index contributed by atoms with van der Waals surface area (Å²) in [5.74, 6) is 0.149. The van der Waals surface area contributed by atoms with Crippen molar-refractivity contribution in [3.63, 3.8) is 0 Å². The van der Waals surface area contributed by atoms with Crippen LogP contribution in [0, 0.1) is 0 Å². The van der Waals surface area contributed by atoms with Gasteiger partial charge in [-0.2, -0.15) is 0 Å². The first-order chi connectivity index (χ1) is 6.22. The lowest BCUT2D eigenvalue weighted by atomic mass is 9.80. The molecule has 0 bridgehead atoms. The van der Waals surface area contributed by atoms with Gasteiger partial charge >= 0.3 is 0 Å². The van der Waals surface area contributed by atoms with Crippen LogP contribution in [0.15, 0.2) is 0 Å². The maximum atomic E-state index is 11.2. The summed E-state index contributed by atoms with van der Waals surface area (Å²) in [5.41, 5.74) is 0.228. The largest absolute Gasteiger partial charge is 0.353 e. The highest BCUT2D eigenvalue weighted by Gasteiger charge is 2.38. The molecule has 1 saturated heterocycles. The van der Waals surface area contributed by atoms with E-state index in [1.807, 2.05) is 6.92 Å². The molecule has 1 heterocycles. The van der Waals surface area contributed by atoms with Crippen molar-refractivity contribution in [1.29, 1.82) is 0 Å². The van der Waals surface area contributed by atoms with Gasteiger partial charge in [0.05, 0.1) is 6.04 Å². The van der Waals surface area contributed by atoms with Crippen LogP contribution in [0.5, 0.6) is 0 Å². The normalized spacial score (nSPS) is 33.0. The van der Waals surface area contributed by atoms with E-state index in [4.69, 9.17) is 0 Å². The predicted octanol–water partition coefficient (Wildman–Crippen LogP) is 0.797. The van der Waals surface area contributed by atoms with Gasteiger partial charge < -0.3 is 5.32 Å². The van der Waals surface area contributed by atoms with Crippen molar-refractivity contribution in [2.24, 2.45) is 0 Å². The third kappa shape index (κ3) is 1.70. The molecule has 2 rings (SSSR count). The van der Waals surface area contributed by atoms with Gasteiger partial charge in [0.25, 0.3) is 0 Å². The summed E-state index contributed by atoms with van der Waals surface area (Å²) < 4.78 is 0. The Morgan fingerprint density at radius 3 is 2.62 bits per heavy atom. The van der Waals surface area contributed by atoms with E-state index in [0.29, 0.717) is 0 Å². The van der Waals surface area contributed by atoms with Crippen LogP contribution in [0.3, 0.4) is 0 Å². The van der Waals surface area contributed by atoms with Gasteiger partial charge in [0.15, 0.2) is 0 Å². The van der Waals surface area contributed by atoms with Gasteiger partial charge in [-0.15, -0.1) is 0 Å². The molecule has 1 aliphatic carbocycles. The van der Waals surface area contributed by atoms with Crippen molar-refractivity contribution < 1.29 is 4.79 Å². The highest BCUT2D eigenvalue weighted by Crippen LogP contribution is 2.29. The Balaban J connectivity index is 2.02. The van der Waals surface area contributed by atoms with Crippen LogP contribution >= 0.6 is 0 Å². The maximum absolute atomic E-state index is 11.2. The second kappa shape index (κ2) is 3.29. The second-order valence-corrected chi connectivity index (χ2v) is 4.42. The highest BCUT2D eigenvalue weighted by atomic mass is 16.2. The van der Waals surface area contributed by atoms with E-state index in [0.717, 1.165) is 6.54 Å². The average molecular weight is 182 g/mol. The van der Waals surface area contributed by atoms with Crippen molar-refractivity contribution in [2.75, 3.05) is 6.54 Å². The minimum atomic E-state index is -0.00755. The summed E-state index contributed by atoms with van der Waals surface area (Å²) in [6.07, 6.45) is 6.40. The lowest BCUT2D eigenvalue weighted by molar-refractivity contribution is -0.126. The van der Waals surface area contributed by atoms with Crippen LogP contribution in [0.25, 0.3) is 0 Å². The molecule has 2 aliphatic rings. The molecule has 1 aliphatic heterocycles. The molecular weight excluding hydrogens is 164 g/mol. The molecule has 3 heteroatoms. The number of piperazine rings is 1. The number of carbonyl (C=O) groups excluding carboxylic acids is 1. The van der Waals surface area contributed by atoms with E-state index < -0.39 is 0 Å². The Hall–Kier alpha value is -0.570. The maximum Gasteiger partial charge on any atom is 0.236 e. The Bertz CT molecular complexity index is 209. The minimum Gasteiger partial charge on any atom is -0.353 e. The molecular formula is C10H18N2O. The zero-order chi connectivity index (χ0) is 9.31. The Labute approximate surface area is 79.3 Å². The monoisotopic (exact) mass is 182 g/mol. The first kappa shape index (κ1) is 9.00. The van der Waals surface area contributed by atoms with Crippen molar-refractivity contribution in [1.82, 2.24) is 10.6 Å². The number of carbonyl (C=O) groups is 1. The van der Waals surface area contributed by atoms with Crippen LogP contribution < -0.4 is 10.6 Å². The standard InChI is InChI=1S/C10H18N2O/c1-8-9(13)11-7-10(12-8)5-3-2-4-6-10/h8,12H,2-7H2,1H3,(H,11,13). The summed E-state index contributed by atoms with van der Waals surface area (Å²) in [5, 5.41) is 6.46. The molecule has 3 nitrogen and oxygen atoms in total. The highest BCUT2D eigenvalue weighted by molar-refractivity contribution is 5.82. The third-order valence-corrected chi connectivity index (χ3v) is 3.33. The molecule has 0 aromatic rings. The minimum absolute atomic E-state index is 0.00755.